The molecular formula is C51H32N4OS. The van der Waals surface area contributed by atoms with E-state index in [1.165, 1.54) is 27.6 Å². The Kier molecular flexibility index (Phi) is 6.78. The molecule has 0 unspecified atom stereocenters. The van der Waals surface area contributed by atoms with Crippen molar-refractivity contribution in [1.29, 1.82) is 0 Å². The van der Waals surface area contributed by atoms with Gasteiger partial charge in [0.15, 0.2) is 17.5 Å². The highest BCUT2D eigenvalue weighted by molar-refractivity contribution is 7.21. The van der Waals surface area contributed by atoms with Crippen LogP contribution in [0.2, 0.25) is 0 Å². The second-order valence-corrected chi connectivity index (χ2v) is 16.5. The summed E-state index contributed by atoms with van der Waals surface area (Å²) in [4.78, 5) is 20.8. The van der Waals surface area contributed by atoms with Crippen LogP contribution in [0.3, 0.4) is 0 Å². The van der Waals surface area contributed by atoms with Crippen LogP contribution in [0.4, 0.5) is 0 Å². The van der Waals surface area contributed by atoms with E-state index in [4.69, 9.17) is 24.4 Å². The molecule has 57 heavy (non-hydrogen) atoms. The van der Waals surface area contributed by atoms with Crippen molar-refractivity contribution in [1.82, 2.24) is 19.9 Å². The van der Waals surface area contributed by atoms with Crippen molar-refractivity contribution in [3.8, 4) is 55.9 Å². The second-order valence-electron chi connectivity index (χ2n) is 15.4. The lowest BCUT2D eigenvalue weighted by molar-refractivity contribution is 0.660. The Hall–Kier alpha value is -7.02. The Morgan fingerprint density at radius 1 is 0.456 bits per heavy atom. The number of nitrogens with zero attached hydrogens (tertiary/aromatic N) is 4. The van der Waals surface area contributed by atoms with Crippen LogP contribution >= 0.6 is 11.3 Å². The first-order chi connectivity index (χ1) is 28.0. The highest BCUT2D eigenvalue weighted by atomic mass is 32.1. The Balaban J connectivity index is 1.08. The smallest absolute Gasteiger partial charge is 0.164 e. The highest BCUT2D eigenvalue weighted by Crippen LogP contribution is 2.49. The summed E-state index contributed by atoms with van der Waals surface area (Å²) in [6.45, 7) is 4.61. The van der Waals surface area contributed by atoms with Gasteiger partial charge in [0.1, 0.15) is 16.2 Å². The van der Waals surface area contributed by atoms with E-state index in [0.717, 1.165) is 75.6 Å². The number of thiazole rings is 1. The molecule has 0 N–H and O–H groups in total. The fourth-order valence-corrected chi connectivity index (χ4v) is 9.84. The first-order valence-electron chi connectivity index (χ1n) is 19.2. The molecule has 1 aliphatic carbocycles. The topological polar surface area (TPSA) is 64.7 Å². The van der Waals surface area contributed by atoms with Gasteiger partial charge in [0, 0.05) is 33.1 Å². The highest BCUT2D eigenvalue weighted by Gasteiger charge is 2.35. The van der Waals surface area contributed by atoms with E-state index in [1.807, 2.05) is 6.07 Å². The SMILES string of the molecule is CC1(C)c2ccccc2-c2cc(-c3nc(-c4ccc5ccccc5c4)nc(-c4ccc5ccc6oc7ccc8sc(-c9ccccc9)nc8c7c6c5c4)n3)ccc21. The van der Waals surface area contributed by atoms with Gasteiger partial charge in [0.2, 0.25) is 0 Å². The average Bonchev–Trinajstić information content (AvgIpc) is 3.94. The molecule has 3 aromatic heterocycles. The summed E-state index contributed by atoms with van der Waals surface area (Å²) in [7, 11) is 0. The van der Waals surface area contributed by atoms with E-state index in [9.17, 15) is 0 Å². The van der Waals surface area contributed by atoms with Crippen LogP contribution in [0.1, 0.15) is 25.0 Å². The van der Waals surface area contributed by atoms with E-state index in [-0.39, 0.29) is 5.41 Å². The molecule has 0 fully saturated rings. The molecule has 0 amide bonds. The molecule has 5 nitrogen and oxygen atoms in total. The number of aromatic nitrogens is 4. The van der Waals surface area contributed by atoms with Gasteiger partial charge in [0.25, 0.3) is 0 Å². The summed E-state index contributed by atoms with van der Waals surface area (Å²) in [6, 6.07) is 55.5. The maximum Gasteiger partial charge on any atom is 0.164 e. The molecule has 6 heteroatoms. The summed E-state index contributed by atoms with van der Waals surface area (Å²) in [6.07, 6.45) is 0. The lowest BCUT2D eigenvalue weighted by Gasteiger charge is -2.21. The fraction of sp³-hybridized carbons (Fsp3) is 0.0588. The Morgan fingerprint density at radius 2 is 1.07 bits per heavy atom. The molecule has 0 bridgehead atoms. The summed E-state index contributed by atoms with van der Waals surface area (Å²) >= 11 is 1.71. The zero-order valence-electron chi connectivity index (χ0n) is 31.1. The van der Waals surface area contributed by atoms with Gasteiger partial charge in [-0.15, -0.1) is 11.3 Å². The van der Waals surface area contributed by atoms with Gasteiger partial charge >= 0.3 is 0 Å². The molecule has 3 heterocycles. The zero-order chi connectivity index (χ0) is 37.8. The minimum atomic E-state index is -0.0914. The molecular weight excluding hydrogens is 717 g/mol. The van der Waals surface area contributed by atoms with Crippen molar-refractivity contribution in [2.75, 3.05) is 0 Å². The summed E-state index contributed by atoms with van der Waals surface area (Å²) < 4.78 is 7.64. The maximum absolute atomic E-state index is 6.52. The lowest BCUT2D eigenvalue weighted by Crippen LogP contribution is -2.14. The number of rotatable bonds is 4. The lowest BCUT2D eigenvalue weighted by atomic mass is 9.82. The van der Waals surface area contributed by atoms with Crippen molar-refractivity contribution < 1.29 is 4.42 Å². The van der Waals surface area contributed by atoms with Crippen molar-refractivity contribution in [3.05, 3.63) is 169 Å². The average molecular weight is 749 g/mol. The minimum Gasteiger partial charge on any atom is -0.456 e. The third kappa shape index (κ3) is 4.94. The number of fused-ring (bicyclic) bond motifs is 11. The van der Waals surface area contributed by atoms with Gasteiger partial charge in [-0.05, 0) is 80.2 Å². The summed E-state index contributed by atoms with van der Waals surface area (Å²) in [5, 5.41) is 7.54. The van der Waals surface area contributed by atoms with Crippen molar-refractivity contribution in [2.45, 2.75) is 19.3 Å². The zero-order valence-corrected chi connectivity index (χ0v) is 31.9. The second kappa shape index (κ2) is 12.0. The normalized spacial score (nSPS) is 13.2. The monoisotopic (exact) mass is 748 g/mol. The van der Waals surface area contributed by atoms with E-state index in [0.29, 0.717) is 17.5 Å². The first-order valence-corrected chi connectivity index (χ1v) is 20.0. The predicted octanol–water partition coefficient (Wildman–Crippen LogP) is 13.7. The molecule has 11 aromatic rings. The standard InChI is InChI=1S/C51H32N4OS/c1-51(2)39-15-9-8-14-36(39)38-28-35(20-22-40(38)51)49-54-47(33-18-16-29-10-6-7-13-32(29)26-33)53-48(55-49)34-19-17-30-21-23-41-44(37(30)27-34)45-42(56-41)24-25-43-46(45)52-50(57-43)31-11-4-3-5-12-31/h3-28H,1-2H3. The molecule has 0 saturated heterocycles. The Morgan fingerprint density at radius 3 is 1.89 bits per heavy atom. The van der Waals surface area contributed by atoms with Crippen LogP contribution in [-0.2, 0) is 5.41 Å². The Bertz CT molecular complexity index is 3450. The van der Waals surface area contributed by atoms with Gasteiger partial charge in [-0.25, -0.2) is 19.9 Å². The molecule has 0 saturated carbocycles. The summed E-state index contributed by atoms with van der Waals surface area (Å²) in [5.41, 5.74) is 11.6. The van der Waals surface area contributed by atoms with E-state index < -0.39 is 0 Å². The molecule has 1 aliphatic rings. The summed E-state index contributed by atoms with van der Waals surface area (Å²) in [5.74, 6) is 1.88. The molecule has 268 valence electrons. The van der Waals surface area contributed by atoms with Crippen LogP contribution in [0.5, 0.6) is 0 Å². The van der Waals surface area contributed by atoms with Gasteiger partial charge in [-0.2, -0.15) is 0 Å². The Labute approximate surface area is 332 Å². The molecule has 0 atom stereocenters. The number of furan rings is 1. The minimum absolute atomic E-state index is 0.0914. The van der Waals surface area contributed by atoms with E-state index in [2.05, 4.69) is 166 Å². The van der Waals surface area contributed by atoms with Gasteiger partial charge in [0.05, 0.1) is 15.6 Å². The largest absolute Gasteiger partial charge is 0.456 e. The molecule has 8 aromatic carbocycles. The van der Waals surface area contributed by atoms with Crippen LogP contribution in [0, 0.1) is 0 Å². The fourth-order valence-electron chi connectivity index (χ4n) is 8.86. The van der Waals surface area contributed by atoms with Crippen LogP contribution < -0.4 is 0 Å². The maximum atomic E-state index is 6.52. The number of hydrogen-bond acceptors (Lipinski definition) is 6. The van der Waals surface area contributed by atoms with E-state index in [1.54, 1.807) is 11.3 Å². The molecule has 0 radical (unpaired) electrons. The molecule has 0 spiro atoms. The third-order valence-electron chi connectivity index (χ3n) is 11.7. The number of benzene rings is 8. The first kappa shape index (κ1) is 32.2. The molecule has 0 aliphatic heterocycles. The van der Waals surface area contributed by atoms with Crippen LogP contribution in [0.15, 0.2) is 162 Å². The predicted molar refractivity (Wildman–Crippen MR) is 235 cm³/mol. The molecule has 12 rings (SSSR count). The van der Waals surface area contributed by atoms with Crippen LogP contribution in [0.25, 0.3) is 110 Å². The van der Waals surface area contributed by atoms with E-state index >= 15 is 0 Å². The van der Waals surface area contributed by atoms with Crippen molar-refractivity contribution >= 4 is 65.0 Å². The van der Waals surface area contributed by atoms with Crippen molar-refractivity contribution in [3.63, 3.8) is 0 Å². The number of hydrogen-bond donors (Lipinski definition) is 0. The van der Waals surface area contributed by atoms with Gasteiger partial charge in [-0.3, -0.25) is 0 Å². The van der Waals surface area contributed by atoms with Crippen molar-refractivity contribution in [2.24, 2.45) is 0 Å². The van der Waals surface area contributed by atoms with Gasteiger partial charge < -0.3 is 4.42 Å². The van der Waals surface area contributed by atoms with Gasteiger partial charge in [-0.1, -0.05) is 135 Å². The third-order valence-corrected chi connectivity index (χ3v) is 12.8. The van der Waals surface area contributed by atoms with Crippen LogP contribution in [-0.4, -0.2) is 19.9 Å². The quantitative estimate of drug-likeness (QED) is 0.179.